The molecule has 19 heavy (non-hydrogen) atoms. The zero-order valence-electron chi connectivity index (χ0n) is 12.9. The molecule has 2 N–H and O–H groups in total. The van der Waals surface area contributed by atoms with Crippen molar-refractivity contribution < 1.29 is 9.90 Å². The molecule has 3 nitrogen and oxygen atoms in total. The minimum Gasteiger partial charge on any atom is -0.388 e. The molecule has 112 valence electrons. The molecule has 0 aromatic rings. The Labute approximate surface area is 118 Å². The van der Waals surface area contributed by atoms with Gasteiger partial charge in [0.15, 0.2) is 0 Å². The van der Waals surface area contributed by atoms with E-state index in [0.29, 0.717) is 12.5 Å². The first-order chi connectivity index (χ1) is 8.91. The van der Waals surface area contributed by atoms with Gasteiger partial charge in [-0.3, -0.25) is 4.79 Å². The molecule has 1 unspecified atom stereocenters. The van der Waals surface area contributed by atoms with E-state index in [-0.39, 0.29) is 11.8 Å². The summed E-state index contributed by atoms with van der Waals surface area (Å²) in [5.41, 5.74) is -0.786. The Morgan fingerprint density at radius 3 is 2.26 bits per heavy atom. The van der Waals surface area contributed by atoms with Gasteiger partial charge in [-0.05, 0) is 32.1 Å². The lowest BCUT2D eigenvalue weighted by Gasteiger charge is -2.27. The second-order valence-electron chi connectivity index (χ2n) is 6.85. The number of carbonyl (C=O) groups is 1. The smallest absolute Gasteiger partial charge is 0.223 e. The molecule has 1 saturated carbocycles. The second kappa shape index (κ2) is 7.88. The molecule has 1 fully saturated rings. The number of carbonyl (C=O) groups excluding carboxylic acids is 1. The maximum Gasteiger partial charge on any atom is 0.223 e. The summed E-state index contributed by atoms with van der Waals surface area (Å²) in [6.45, 7) is 6.36. The van der Waals surface area contributed by atoms with Crippen LogP contribution >= 0.6 is 0 Å². The number of hydrogen-bond acceptors (Lipinski definition) is 2. The minimum atomic E-state index is -0.786. The van der Waals surface area contributed by atoms with Crippen LogP contribution in [0.15, 0.2) is 0 Å². The van der Waals surface area contributed by atoms with Crippen LogP contribution in [0.2, 0.25) is 0 Å². The van der Waals surface area contributed by atoms with Gasteiger partial charge < -0.3 is 10.4 Å². The Kier molecular flexibility index (Phi) is 6.84. The van der Waals surface area contributed by atoms with Crippen LogP contribution in [0.3, 0.4) is 0 Å². The molecule has 1 aliphatic rings. The molecule has 1 amide bonds. The maximum absolute atomic E-state index is 12.2. The number of amides is 1. The highest BCUT2D eigenvalue weighted by Crippen LogP contribution is 2.22. The average Bonchev–Trinajstić information content (AvgIpc) is 2.23. The predicted octanol–water partition coefficient (Wildman–Crippen LogP) is 3.26. The summed E-state index contributed by atoms with van der Waals surface area (Å²) in [5, 5.41) is 13.2. The third-order valence-corrected chi connectivity index (χ3v) is 3.97. The summed E-state index contributed by atoms with van der Waals surface area (Å²) in [6.07, 6.45) is 8.91. The van der Waals surface area contributed by atoms with Gasteiger partial charge in [0.05, 0.1) is 5.60 Å². The Morgan fingerprint density at radius 2 is 1.74 bits per heavy atom. The van der Waals surface area contributed by atoms with E-state index < -0.39 is 5.60 Å². The van der Waals surface area contributed by atoms with Crippen LogP contribution in [-0.4, -0.2) is 23.2 Å². The van der Waals surface area contributed by atoms with Crippen LogP contribution in [0.1, 0.15) is 72.1 Å². The van der Waals surface area contributed by atoms with Crippen molar-refractivity contribution in [3.05, 3.63) is 0 Å². The monoisotopic (exact) mass is 269 g/mol. The Morgan fingerprint density at radius 1 is 1.21 bits per heavy atom. The number of rotatable bonds is 5. The first-order valence-corrected chi connectivity index (χ1v) is 7.91. The zero-order chi connectivity index (χ0) is 14.3. The van der Waals surface area contributed by atoms with Gasteiger partial charge in [0, 0.05) is 12.5 Å². The average molecular weight is 269 g/mol. The fraction of sp³-hybridized carbons (Fsp3) is 0.938. The van der Waals surface area contributed by atoms with E-state index in [1.165, 1.54) is 32.1 Å². The van der Waals surface area contributed by atoms with E-state index >= 15 is 0 Å². The topological polar surface area (TPSA) is 49.3 Å². The van der Waals surface area contributed by atoms with Gasteiger partial charge in [-0.1, -0.05) is 46.0 Å². The molecule has 0 heterocycles. The quantitative estimate of drug-likeness (QED) is 0.805. The third kappa shape index (κ3) is 6.95. The van der Waals surface area contributed by atoms with Crippen LogP contribution in [0.4, 0.5) is 0 Å². The van der Waals surface area contributed by atoms with Crippen LogP contribution in [-0.2, 0) is 4.79 Å². The molecule has 3 heteroatoms. The molecule has 1 atom stereocenters. The largest absolute Gasteiger partial charge is 0.388 e. The van der Waals surface area contributed by atoms with Crippen LogP contribution < -0.4 is 5.32 Å². The highest BCUT2D eigenvalue weighted by atomic mass is 16.3. The molecule has 0 saturated heterocycles. The molecule has 0 bridgehead atoms. The highest BCUT2D eigenvalue weighted by Gasteiger charge is 2.25. The summed E-state index contributed by atoms with van der Waals surface area (Å²) in [7, 11) is 0. The molecular formula is C16H31NO2. The molecule has 0 aromatic carbocycles. The summed E-state index contributed by atoms with van der Waals surface area (Å²) < 4.78 is 0. The van der Waals surface area contributed by atoms with E-state index in [1.807, 2.05) is 6.92 Å². The number of hydrogen-bond donors (Lipinski definition) is 2. The van der Waals surface area contributed by atoms with Crippen molar-refractivity contribution in [1.82, 2.24) is 5.32 Å². The minimum absolute atomic E-state index is 0.144. The van der Waals surface area contributed by atoms with E-state index in [4.69, 9.17) is 0 Å². The van der Waals surface area contributed by atoms with Crippen molar-refractivity contribution >= 4 is 5.91 Å². The SMILES string of the molecule is CC(C)CC(C)(O)CNC(=O)C1CCCCCCC1. The van der Waals surface area contributed by atoms with Gasteiger partial charge in [-0.2, -0.15) is 0 Å². The van der Waals surface area contributed by atoms with E-state index in [0.717, 1.165) is 19.3 Å². The van der Waals surface area contributed by atoms with Crippen molar-refractivity contribution in [3.8, 4) is 0 Å². The summed E-state index contributed by atoms with van der Waals surface area (Å²) >= 11 is 0. The van der Waals surface area contributed by atoms with Crippen molar-refractivity contribution in [3.63, 3.8) is 0 Å². The maximum atomic E-state index is 12.2. The van der Waals surface area contributed by atoms with Gasteiger partial charge >= 0.3 is 0 Å². The van der Waals surface area contributed by atoms with Crippen LogP contribution in [0, 0.1) is 11.8 Å². The van der Waals surface area contributed by atoms with E-state index in [2.05, 4.69) is 19.2 Å². The molecule has 0 radical (unpaired) electrons. The second-order valence-corrected chi connectivity index (χ2v) is 6.85. The standard InChI is InChI=1S/C16H31NO2/c1-13(2)11-16(3,19)12-17-15(18)14-9-7-5-4-6-8-10-14/h13-14,19H,4-12H2,1-3H3,(H,17,18). The lowest BCUT2D eigenvalue weighted by molar-refractivity contribution is -0.126. The van der Waals surface area contributed by atoms with E-state index in [9.17, 15) is 9.90 Å². The van der Waals surface area contributed by atoms with Crippen molar-refractivity contribution in [2.75, 3.05) is 6.54 Å². The van der Waals surface area contributed by atoms with E-state index in [1.54, 1.807) is 0 Å². The molecular weight excluding hydrogens is 238 g/mol. The molecule has 0 aliphatic heterocycles. The Balaban J connectivity index is 2.36. The predicted molar refractivity (Wildman–Crippen MR) is 78.9 cm³/mol. The van der Waals surface area contributed by atoms with Gasteiger partial charge in [0.1, 0.15) is 0 Å². The van der Waals surface area contributed by atoms with Gasteiger partial charge in [0.2, 0.25) is 5.91 Å². The lowest BCUT2D eigenvalue weighted by atomic mass is 9.90. The summed E-state index contributed by atoms with van der Waals surface area (Å²) in [4.78, 5) is 12.2. The summed E-state index contributed by atoms with van der Waals surface area (Å²) in [5.74, 6) is 0.745. The van der Waals surface area contributed by atoms with Crippen molar-refractivity contribution in [2.24, 2.45) is 11.8 Å². The fourth-order valence-electron chi connectivity index (χ4n) is 3.09. The van der Waals surface area contributed by atoms with Gasteiger partial charge in [0.25, 0.3) is 0 Å². The van der Waals surface area contributed by atoms with Crippen molar-refractivity contribution in [2.45, 2.75) is 77.7 Å². The van der Waals surface area contributed by atoms with Gasteiger partial charge in [-0.25, -0.2) is 0 Å². The molecule has 0 spiro atoms. The molecule has 1 rings (SSSR count). The lowest BCUT2D eigenvalue weighted by Crippen LogP contribution is -2.43. The first-order valence-electron chi connectivity index (χ1n) is 7.91. The zero-order valence-corrected chi connectivity index (χ0v) is 12.9. The Hall–Kier alpha value is -0.570. The first kappa shape index (κ1) is 16.5. The number of aliphatic hydroxyl groups is 1. The molecule has 0 aromatic heterocycles. The number of nitrogens with one attached hydrogen (secondary N) is 1. The fourth-order valence-corrected chi connectivity index (χ4v) is 3.09. The third-order valence-electron chi connectivity index (χ3n) is 3.97. The highest BCUT2D eigenvalue weighted by molar-refractivity contribution is 5.78. The Bertz CT molecular complexity index is 266. The van der Waals surface area contributed by atoms with Crippen LogP contribution in [0.25, 0.3) is 0 Å². The van der Waals surface area contributed by atoms with Crippen LogP contribution in [0.5, 0.6) is 0 Å². The summed E-state index contributed by atoms with van der Waals surface area (Å²) in [6, 6.07) is 0. The molecule has 1 aliphatic carbocycles. The van der Waals surface area contributed by atoms with Gasteiger partial charge in [-0.15, -0.1) is 0 Å². The normalized spacial score (nSPS) is 21.5. The van der Waals surface area contributed by atoms with Crippen molar-refractivity contribution in [1.29, 1.82) is 0 Å².